The normalized spacial score (nSPS) is 11.6. The van der Waals surface area contributed by atoms with Crippen molar-refractivity contribution in [2.75, 3.05) is 0 Å². The summed E-state index contributed by atoms with van der Waals surface area (Å²) in [6, 6.07) is 11.6. The maximum absolute atomic E-state index is 13.2. The molecule has 0 radical (unpaired) electrons. The van der Waals surface area contributed by atoms with Crippen LogP contribution in [0.5, 0.6) is 0 Å². The molecule has 0 bridgehead atoms. The van der Waals surface area contributed by atoms with Gasteiger partial charge in [-0.2, -0.15) is 5.26 Å². The van der Waals surface area contributed by atoms with Crippen molar-refractivity contribution in [2.24, 2.45) is 0 Å². The maximum atomic E-state index is 13.2. The monoisotopic (exact) mass is 303 g/mol. The van der Waals surface area contributed by atoms with E-state index in [0.717, 1.165) is 6.07 Å². The van der Waals surface area contributed by atoms with Crippen LogP contribution >= 0.6 is 0 Å². The lowest BCUT2D eigenvalue weighted by atomic mass is 10.1. The number of nitriles is 1. The van der Waals surface area contributed by atoms with Crippen molar-refractivity contribution >= 4 is 16.8 Å². The predicted molar refractivity (Wildman–Crippen MR) is 74.6 cm³/mol. The molecule has 1 N–H and O–H groups in total. The topological polar surface area (TPSA) is 78.2 Å². The van der Waals surface area contributed by atoms with E-state index in [9.17, 15) is 13.4 Å². The number of carboxylic acids is 1. The van der Waals surface area contributed by atoms with E-state index < -0.39 is 22.6 Å². The van der Waals surface area contributed by atoms with Gasteiger partial charge in [-0.15, -0.1) is 0 Å². The number of carbonyl (C=O) groups is 1. The van der Waals surface area contributed by atoms with E-state index >= 15 is 0 Å². The quantitative estimate of drug-likeness (QED) is 0.942. The molecule has 0 aliphatic heterocycles. The van der Waals surface area contributed by atoms with Gasteiger partial charge in [0.1, 0.15) is 11.9 Å². The molecule has 0 amide bonds. The maximum Gasteiger partial charge on any atom is 0.336 e. The van der Waals surface area contributed by atoms with Crippen LogP contribution < -0.4 is 0 Å². The summed E-state index contributed by atoms with van der Waals surface area (Å²) in [7, 11) is -1.60. The van der Waals surface area contributed by atoms with E-state index in [-0.39, 0.29) is 21.8 Å². The van der Waals surface area contributed by atoms with Gasteiger partial charge >= 0.3 is 5.97 Å². The van der Waals surface area contributed by atoms with E-state index in [2.05, 4.69) is 0 Å². The second kappa shape index (κ2) is 6.29. The number of benzene rings is 2. The highest BCUT2D eigenvalue weighted by atomic mass is 32.2. The smallest absolute Gasteiger partial charge is 0.336 e. The Kier molecular flexibility index (Phi) is 4.45. The minimum atomic E-state index is -1.60. The van der Waals surface area contributed by atoms with Crippen molar-refractivity contribution in [3.8, 4) is 6.07 Å². The molecular weight excluding hydrogens is 293 g/mol. The molecule has 0 fully saturated rings. The first-order valence-electron chi connectivity index (χ1n) is 5.92. The third kappa shape index (κ3) is 3.33. The van der Waals surface area contributed by atoms with Crippen LogP contribution in [0.2, 0.25) is 0 Å². The molecule has 0 heterocycles. The van der Waals surface area contributed by atoms with E-state index in [4.69, 9.17) is 10.4 Å². The minimum absolute atomic E-state index is 0.0131. The average molecular weight is 303 g/mol. The lowest BCUT2D eigenvalue weighted by Crippen LogP contribution is -2.06. The van der Waals surface area contributed by atoms with Crippen LogP contribution in [-0.2, 0) is 16.6 Å². The summed E-state index contributed by atoms with van der Waals surface area (Å²) in [6.45, 7) is 0. The van der Waals surface area contributed by atoms with E-state index in [0.29, 0.717) is 5.56 Å². The number of hydrogen-bond acceptors (Lipinski definition) is 3. The molecule has 4 nitrogen and oxygen atoms in total. The first-order valence-corrected chi connectivity index (χ1v) is 7.24. The first kappa shape index (κ1) is 14.9. The predicted octanol–water partition coefficient (Wildman–Crippen LogP) is 2.70. The van der Waals surface area contributed by atoms with Crippen LogP contribution in [-0.4, -0.2) is 15.3 Å². The van der Waals surface area contributed by atoms with Gasteiger partial charge in [-0.3, -0.25) is 4.21 Å². The molecule has 106 valence electrons. The Morgan fingerprint density at radius 1 is 1.29 bits per heavy atom. The Labute approximate surface area is 122 Å². The van der Waals surface area contributed by atoms with Crippen LogP contribution in [0, 0.1) is 17.1 Å². The molecule has 2 rings (SSSR count). The van der Waals surface area contributed by atoms with E-state index in [1.54, 1.807) is 18.2 Å². The van der Waals surface area contributed by atoms with Crippen LogP contribution in [0.3, 0.4) is 0 Å². The van der Waals surface area contributed by atoms with Gasteiger partial charge in [0.25, 0.3) is 0 Å². The number of nitrogens with zero attached hydrogens (tertiary/aromatic N) is 1. The molecule has 1 atom stereocenters. The van der Waals surface area contributed by atoms with Crippen LogP contribution in [0.25, 0.3) is 0 Å². The molecule has 0 saturated heterocycles. The van der Waals surface area contributed by atoms with Crippen molar-refractivity contribution in [2.45, 2.75) is 10.6 Å². The molecule has 0 spiro atoms. The fourth-order valence-corrected chi connectivity index (χ4v) is 3.09. The molecule has 0 aliphatic rings. The Morgan fingerprint density at radius 3 is 2.67 bits per heavy atom. The molecule has 21 heavy (non-hydrogen) atoms. The van der Waals surface area contributed by atoms with Crippen LogP contribution in [0.4, 0.5) is 4.39 Å². The standard InChI is InChI=1S/C15H10FNO3S/c16-13-6-5-10(7-11(13)8-17)9-21(20)14-4-2-1-3-12(14)15(18)19/h1-7H,9H2,(H,18,19). The van der Waals surface area contributed by atoms with Gasteiger partial charge in [0, 0.05) is 0 Å². The molecule has 1 unspecified atom stereocenters. The lowest BCUT2D eigenvalue weighted by molar-refractivity contribution is 0.0693. The fraction of sp³-hybridized carbons (Fsp3) is 0.0667. The molecule has 2 aromatic rings. The summed E-state index contributed by atoms with van der Waals surface area (Å²) in [5.41, 5.74) is 0.348. The second-order valence-corrected chi connectivity index (χ2v) is 5.64. The fourth-order valence-electron chi connectivity index (χ4n) is 1.82. The zero-order chi connectivity index (χ0) is 15.4. The highest BCUT2D eigenvalue weighted by Crippen LogP contribution is 2.18. The highest BCUT2D eigenvalue weighted by molar-refractivity contribution is 7.84. The molecular formula is C15H10FNO3S. The SMILES string of the molecule is N#Cc1cc(CS(=O)c2ccccc2C(=O)O)ccc1F. The van der Waals surface area contributed by atoms with E-state index in [1.807, 2.05) is 0 Å². The number of hydrogen-bond donors (Lipinski definition) is 1. The number of rotatable bonds is 4. The zero-order valence-electron chi connectivity index (χ0n) is 10.7. The summed E-state index contributed by atoms with van der Waals surface area (Å²) < 4.78 is 25.5. The van der Waals surface area contributed by atoms with Crippen molar-refractivity contribution in [3.05, 3.63) is 65.0 Å². The Hall–Kier alpha value is -2.52. The van der Waals surface area contributed by atoms with Crippen molar-refractivity contribution in [1.29, 1.82) is 5.26 Å². The number of carboxylic acid groups (broad SMARTS) is 1. The Balaban J connectivity index is 2.31. The van der Waals surface area contributed by atoms with Gasteiger partial charge in [0.15, 0.2) is 0 Å². The van der Waals surface area contributed by atoms with Crippen molar-refractivity contribution in [1.82, 2.24) is 0 Å². The number of aromatic carboxylic acids is 1. The average Bonchev–Trinajstić information content (AvgIpc) is 2.49. The second-order valence-electron chi connectivity index (χ2n) is 4.22. The van der Waals surface area contributed by atoms with Crippen molar-refractivity contribution in [3.63, 3.8) is 0 Å². The van der Waals surface area contributed by atoms with E-state index in [1.165, 1.54) is 24.3 Å². The molecule has 0 aliphatic carbocycles. The van der Waals surface area contributed by atoms with Crippen LogP contribution in [0.1, 0.15) is 21.5 Å². The Bertz CT molecular complexity index is 768. The molecule has 0 saturated carbocycles. The summed E-state index contributed by atoms with van der Waals surface area (Å²) in [5.74, 6) is -1.78. The summed E-state index contributed by atoms with van der Waals surface area (Å²) >= 11 is 0. The van der Waals surface area contributed by atoms with Gasteiger partial charge in [-0.05, 0) is 29.8 Å². The zero-order valence-corrected chi connectivity index (χ0v) is 11.6. The largest absolute Gasteiger partial charge is 0.478 e. The molecule has 6 heteroatoms. The molecule has 2 aromatic carbocycles. The summed E-state index contributed by atoms with van der Waals surface area (Å²) in [5, 5.41) is 17.8. The van der Waals surface area contributed by atoms with Gasteiger partial charge in [0.05, 0.1) is 32.6 Å². The summed E-state index contributed by atoms with van der Waals surface area (Å²) in [4.78, 5) is 11.3. The van der Waals surface area contributed by atoms with Crippen LogP contribution in [0.15, 0.2) is 47.4 Å². The van der Waals surface area contributed by atoms with Gasteiger partial charge < -0.3 is 5.11 Å². The third-order valence-electron chi connectivity index (χ3n) is 2.81. The Morgan fingerprint density at radius 2 is 2.00 bits per heavy atom. The van der Waals surface area contributed by atoms with Gasteiger partial charge in [0.2, 0.25) is 0 Å². The number of halogens is 1. The minimum Gasteiger partial charge on any atom is -0.478 e. The van der Waals surface area contributed by atoms with Gasteiger partial charge in [-0.25, -0.2) is 9.18 Å². The first-order chi connectivity index (χ1) is 10.0. The lowest BCUT2D eigenvalue weighted by Gasteiger charge is -2.06. The van der Waals surface area contributed by atoms with Gasteiger partial charge in [-0.1, -0.05) is 18.2 Å². The summed E-state index contributed by atoms with van der Waals surface area (Å²) in [6.07, 6.45) is 0. The highest BCUT2D eigenvalue weighted by Gasteiger charge is 2.15. The molecule has 0 aromatic heterocycles. The van der Waals surface area contributed by atoms with Crippen molar-refractivity contribution < 1.29 is 18.5 Å². The third-order valence-corrected chi connectivity index (χ3v) is 4.25.